The van der Waals surface area contributed by atoms with Crippen LogP contribution in [0.2, 0.25) is 0 Å². The van der Waals surface area contributed by atoms with Gasteiger partial charge in [-0.3, -0.25) is 4.79 Å². The summed E-state index contributed by atoms with van der Waals surface area (Å²) in [4.78, 5) is 14.7. The Balaban J connectivity index is 1.51. The van der Waals surface area contributed by atoms with E-state index in [0.717, 1.165) is 22.7 Å². The quantitative estimate of drug-likeness (QED) is 0.709. The number of aromatic nitrogens is 2. The fourth-order valence-electron chi connectivity index (χ4n) is 2.92. The van der Waals surface area contributed by atoms with Crippen molar-refractivity contribution in [3.05, 3.63) is 72.1 Å². The van der Waals surface area contributed by atoms with Gasteiger partial charge < -0.3 is 14.4 Å². The zero-order valence-electron chi connectivity index (χ0n) is 14.5. The number of carbonyl (C=O) groups is 1. The van der Waals surface area contributed by atoms with E-state index in [2.05, 4.69) is 5.10 Å². The molecular weight excluding hydrogens is 330 g/mol. The van der Waals surface area contributed by atoms with Crippen molar-refractivity contribution in [2.75, 3.05) is 13.3 Å². The summed E-state index contributed by atoms with van der Waals surface area (Å²) in [6, 6.07) is 15.5. The first-order valence-electron chi connectivity index (χ1n) is 8.52. The van der Waals surface area contributed by atoms with Gasteiger partial charge in [-0.25, -0.2) is 4.68 Å². The van der Waals surface area contributed by atoms with Gasteiger partial charge in [-0.05, 0) is 36.8 Å². The topological polar surface area (TPSA) is 56.6 Å². The molecule has 6 heteroatoms. The summed E-state index contributed by atoms with van der Waals surface area (Å²) in [5.41, 5.74) is 2.49. The molecule has 6 nitrogen and oxygen atoms in total. The molecule has 3 aromatic rings. The maximum absolute atomic E-state index is 12.9. The van der Waals surface area contributed by atoms with Crippen molar-refractivity contribution in [2.24, 2.45) is 0 Å². The number of amides is 1. The molecule has 2 aromatic carbocycles. The molecular formula is C20H19N3O3. The lowest BCUT2D eigenvalue weighted by Crippen LogP contribution is -2.30. The van der Waals surface area contributed by atoms with E-state index in [0.29, 0.717) is 18.7 Å². The lowest BCUT2D eigenvalue weighted by Gasteiger charge is -2.20. The van der Waals surface area contributed by atoms with E-state index < -0.39 is 0 Å². The predicted molar refractivity (Wildman–Crippen MR) is 96.5 cm³/mol. The second kappa shape index (κ2) is 6.92. The van der Waals surface area contributed by atoms with E-state index in [4.69, 9.17) is 9.47 Å². The molecule has 0 spiro atoms. The number of carbonyl (C=O) groups excluding carboxylic acids is 1. The SMILES string of the molecule is CCN(Cc1ccc2c(c1)OCO2)C(=O)c1cnn(-c2ccccc2)c1. The van der Waals surface area contributed by atoms with Gasteiger partial charge in [0.15, 0.2) is 11.5 Å². The Morgan fingerprint density at radius 3 is 2.77 bits per heavy atom. The van der Waals surface area contributed by atoms with Crippen LogP contribution in [0.25, 0.3) is 5.69 Å². The van der Waals surface area contributed by atoms with Crippen LogP contribution < -0.4 is 9.47 Å². The van der Waals surface area contributed by atoms with Crippen LogP contribution in [-0.2, 0) is 6.54 Å². The molecule has 0 unspecified atom stereocenters. The van der Waals surface area contributed by atoms with E-state index in [9.17, 15) is 4.79 Å². The summed E-state index contributed by atoms with van der Waals surface area (Å²) in [6.45, 7) is 3.31. The summed E-state index contributed by atoms with van der Waals surface area (Å²) in [5, 5.41) is 4.31. The Hall–Kier alpha value is -3.28. The highest BCUT2D eigenvalue weighted by Gasteiger charge is 2.19. The van der Waals surface area contributed by atoms with Crippen LogP contribution in [0.4, 0.5) is 0 Å². The first-order valence-corrected chi connectivity index (χ1v) is 8.52. The Kier molecular flexibility index (Phi) is 4.31. The third-order valence-electron chi connectivity index (χ3n) is 4.33. The second-order valence-corrected chi connectivity index (χ2v) is 6.02. The highest BCUT2D eigenvalue weighted by atomic mass is 16.7. The molecule has 0 fully saturated rings. The summed E-state index contributed by atoms with van der Waals surface area (Å²) >= 11 is 0. The summed E-state index contributed by atoms with van der Waals surface area (Å²) in [7, 11) is 0. The molecule has 0 aliphatic carbocycles. The molecule has 4 rings (SSSR count). The number of hydrogen-bond donors (Lipinski definition) is 0. The lowest BCUT2D eigenvalue weighted by molar-refractivity contribution is 0.0752. The Labute approximate surface area is 151 Å². The van der Waals surface area contributed by atoms with Crippen molar-refractivity contribution < 1.29 is 14.3 Å². The van der Waals surface area contributed by atoms with Gasteiger partial charge in [0.2, 0.25) is 6.79 Å². The largest absolute Gasteiger partial charge is 0.454 e. The van der Waals surface area contributed by atoms with E-state index >= 15 is 0 Å². The third kappa shape index (κ3) is 3.13. The zero-order valence-corrected chi connectivity index (χ0v) is 14.5. The molecule has 0 atom stereocenters. The van der Waals surface area contributed by atoms with Gasteiger partial charge in [0, 0.05) is 19.3 Å². The maximum Gasteiger partial charge on any atom is 0.257 e. The van der Waals surface area contributed by atoms with Gasteiger partial charge in [0.25, 0.3) is 5.91 Å². The van der Waals surface area contributed by atoms with Gasteiger partial charge in [0.05, 0.1) is 17.4 Å². The molecule has 1 aliphatic heterocycles. The zero-order chi connectivity index (χ0) is 17.9. The van der Waals surface area contributed by atoms with Crippen LogP contribution >= 0.6 is 0 Å². The first kappa shape index (κ1) is 16.2. The summed E-state index contributed by atoms with van der Waals surface area (Å²) in [5.74, 6) is 1.42. The van der Waals surface area contributed by atoms with Gasteiger partial charge in [-0.2, -0.15) is 5.10 Å². The standard InChI is InChI=1S/C20H19N3O3/c1-2-22(12-15-8-9-18-19(10-15)26-14-25-18)20(24)16-11-21-23(13-16)17-6-4-3-5-7-17/h3-11,13H,2,12,14H2,1H3. The average Bonchev–Trinajstić information content (AvgIpc) is 3.35. The molecule has 132 valence electrons. The highest BCUT2D eigenvalue weighted by Crippen LogP contribution is 2.32. The Bertz CT molecular complexity index is 921. The third-order valence-corrected chi connectivity index (χ3v) is 4.33. The van der Waals surface area contributed by atoms with Crippen molar-refractivity contribution >= 4 is 5.91 Å². The molecule has 0 saturated heterocycles. The number of nitrogens with zero attached hydrogens (tertiary/aromatic N) is 3. The second-order valence-electron chi connectivity index (χ2n) is 6.02. The van der Waals surface area contributed by atoms with Gasteiger partial charge in [-0.15, -0.1) is 0 Å². The molecule has 1 amide bonds. The first-order chi connectivity index (χ1) is 12.7. The van der Waals surface area contributed by atoms with Gasteiger partial charge in [-0.1, -0.05) is 24.3 Å². The number of hydrogen-bond acceptors (Lipinski definition) is 4. The lowest BCUT2D eigenvalue weighted by atomic mass is 10.1. The summed E-state index contributed by atoms with van der Waals surface area (Å²) < 4.78 is 12.5. The minimum absolute atomic E-state index is 0.0488. The molecule has 0 radical (unpaired) electrons. The molecule has 0 bridgehead atoms. The molecule has 26 heavy (non-hydrogen) atoms. The normalized spacial score (nSPS) is 12.2. The van der Waals surface area contributed by atoms with E-state index in [1.165, 1.54) is 0 Å². The number of ether oxygens (including phenoxy) is 2. The monoisotopic (exact) mass is 349 g/mol. The highest BCUT2D eigenvalue weighted by molar-refractivity contribution is 5.93. The van der Waals surface area contributed by atoms with Crippen molar-refractivity contribution in [3.63, 3.8) is 0 Å². The smallest absolute Gasteiger partial charge is 0.257 e. The number of fused-ring (bicyclic) bond motifs is 1. The molecule has 2 heterocycles. The van der Waals surface area contributed by atoms with Crippen molar-refractivity contribution in [1.82, 2.24) is 14.7 Å². The minimum atomic E-state index is -0.0488. The summed E-state index contributed by atoms with van der Waals surface area (Å²) in [6.07, 6.45) is 3.37. The van der Waals surface area contributed by atoms with Crippen LogP contribution in [0, 0.1) is 0 Å². The molecule has 1 aromatic heterocycles. The van der Waals surface area contributed by atoms with Crippen molar-refractivity contribution in [2.45, 2.75) is 13.5 Å². The van der Waals surface area contributed by atoms with Crippen LogP contribution in [0.1, 0.15) is 22.8 Å². The van der Waals surface area contributed by atoms with Crippen LogP contribution in [-0.4, -0.2) is 33.9 Å². The number of benzene rings is 2. The van der Waals surface area contributed by atoms with Gasteiger partial charge >= 0.3 is 0 Å². The predicted octanol–water partition coefficient (Wildman–Crippen LogP) is 3.26. The number of rotatable bonds is 5. The minimum Gasteiger partial charge on any atom is -0.454 e. The van der Waals surface area contributed by atoms with Crippen LogP contribution in [0.3, 0.4) is 0 Å². The molecule has 0 saturated carbocycles. The average molecular weight is 349 g/mol. The van der Waals surface area contributed by atoms with E-state index in [-0.39, 0.29) is 12.7 Å². The maximum atomic E-state index is 12.9. The number of para-hydroxylation sites is 1. The molecule has 1 aliphatic rings. The van der Waals surface area contributed by atoms with Gasteiger partial charge in [0.1, 0.15) is 0 Å². The fraction of sp³-hybridized carbons (Fsp3) is 0.200. The fourth-order valence-corrected chi connectivity index (χ4v) is 2.92. The Morgan fingerprint density at radius 2 is 1.96 bits per heavy atom. The van der Waals surface area contributed by atoms with Crippen LogP contribution in [0.15, 0.2) is 60.9 Å². The Morgan fingerprint density at radius 1 is 1.15 bits per heavy atom. The van der Waals surface area contributed by atoms with Crippen molar-refractivity contribution in [1.29, 1.82) is 0 Å². The van der Waals surface area contributed by atoms with Crippen molar-refractivity contribution in [3.8, 4) is 17.2 Å². The van der Waals surface area contributed by atoms with E-state index in [1.54, 1.807) is 22.0 Å². The van der Waals surface area contributed by atoms with Crippen LogP contribution in [0.5, 0.6) is 11.5 Å². The molecule has 0 N–H and O–H groups in total. The van der Waals surface area contributed by atoms with E-state index in [1.807, 2.05) is 55.5 Å².